The van der Waals surface area contributed by atoms with Gasteiger partial charge >= 0.3 is 5.97 Å². The molecular weight excluding hydrogens is 236 g/mol. The lowest BCUT2D eigenvalue weighted by molar-refractivity contribution is -0.216. The summed E-state index contributed by atoms with van der Waals surface area (Å²) in [6.45, 7) is 0.734. The standard InChI is InChI=1S/C13H22O5/c1-16-13(15)9-5-6-11(10(14)8-9)18-12-4-2-3-7-17-12/h9-12,14H,2-8H2,1H3/t9?,10-,11-,12?/m0/s1. The molecule has 1 saturated heterocycles. The topological polar surface area (TPSA) is 65.0 Å². The van der Waals surface area contributed by atoms with Crippen LogP contribution >= 0.6 is 0 Å². The first-order chi connectivity index (χ1) is 8.70. The number of ether oxygens (including phenoxy) is 3. The molecule has 2 rings (SSSR count). The summed E-state index contributed by atoms with van der Waals surface area (Å²) in [5, 5.41) is 10.0. The van der Waals surface area contributed by atoms with Gasteiger partial charge in [0.25, 0.3) is 0 Å². The van der Waals surface area contributed by atoms with Crippen molar-refractivity contribution < 1.29 is 24.1 Å². The molecular formula is C13H22O5. The summed E-state index contributed by atoms with van der Waals surface area (Å²) in [6.07, 6.45) is 3.89. The van der Waals surface area contributed by atoms with E-state index in [9.17, 15) is 9.90 Å². The van der Waals surface area contributed by atoms with Gasteiger partial charge in [-0.05, 0) is 38.5 Å². The number of carbonyl (C=O) groups is 1. The first kappa shape index (κ1) is 13.8. The summed E-state index contributed by atoms with van der Waals surface area (Å²) in [7, 11) is 1.38. The number of esters is 1. The van der Waals surface area contributed by atoms with Crippen LogP contribution in [0.25, 0.3) is 0 Å². The number of methoxy groups -OCH3 is 1. The van der Waals surface area contributed by atoms with E-state index < -0.39 is 6.10 Å². The SMILES string of the molecule is COC(=O)C1CC[C@H](OC2CCCCO2)[C@@H](O)C1. The fraction of sp³-hybridized carbons (Fsp3) is 0.923. The van der Waals surface area contributed by atoms with Crippen molar-refractivity contribution >= 4 is 5.97 Å². The number of hydrogen-bond donors (Lipinski definition) is 1. The van der Waals surface area contributed by atoms with E-state index in [0.717, 1.165) is 25.9 Å². The van der Waals surface area contributed by atoms with Gasteiger partial charge in [-0.25, -0.2) is 0 Å². The zero-order valence-corrected chi connectivity index (χ0v) is 10.8. The van der Waals surface area contributed by atoms with Crippen molar-refractivity contribution in [2.75, 3.05) is 13.7 Å². The summed E-state index contributed by atoms with van der Waals surface area (Å²) in [4.78, 5) is 11.4. The maximum absolute atomic E-state index is 11.4. The Hall–Kier alpha value is -0.650. The van der Waals surface area contributed by atoms with E-state index in [1.807, 2.05) is 0 Å². The Kier molecular flexibility index (Phi) is 4.97. The van der Waals surface area contributed by atoms with E-state index in [1.165, 1.54) is 7.11 Å². The zero-order chi connectivity index (χ0) is 13.0. The van der Waals surface area contributed by atoms with Crippen molar-refractivity contribution in [3.8, 4) is 0 Å². The fourth-order valence-corrected chi connectivity index (χ4v) is 2.67. The molecule has 0 amide bonds. The molecule has 0 spiro atoms. The Morgan fingerprint density at radius 2 is 2.11 bits per heavy atom. The lowest BCUT2D eigenvalue weighted by Crippen LogP contribution is -2.41. The van der Waals surface area contributed by atoms with Crippen LogP contribution in [-0.4, -0.2) is 43.3 Å². The third kappa shape index (κ3) is 3.43. The van der Waals surface area contributed by atoms with Crippen LogP contribution in [-0.2, 0) is 19.0 Å². The Bertz CT molecular complexity index is 275. The molecule has 1 N–H and O–H groups in total. The number of aliphatic hydroxyl groups excluding tert-OH is 1. The Labute approximate surface area is 107 Å². The van der Waals surface area contributed by atoms with Crippen molar-refractivity contribution in [2.45, 2.75) is 57.0 Å². The molecule has 0 radical (unpaired) electrons. The molecule has 0 aromatic carbocycles. The van der Waals surface area contributed by atoms with Gasteiger partial charge in [-0.3, -0.25) is 4.79 Å². The highest BCUT2D eigenvalue weighted by molar-refractivity contribution is 5.72. The predicted molar refractivity (Wildman–Crippen MR) is 63.8 cm³/mol. The van der Waals surface area contributed by atoms with Crippen LogP contribution in [0.4, 0.5) is 0 Å². The Morgan fingerprint density at radius 3 is 2.72 bits per heavy atom. The van der Waals surface area contributed by atoms with E-state index in [2.05, 4.69) is 0 Å². The van der Waals surface area contributed by atoms with Crippen LogP contribution in [0.1, 0.15) is 38.5 Å². The summed E-state index contributed by atoms with van der Waals surface area (Å²) in [6, 6.07) is 0. The first-order valence-electron chi connectivity index (χ1n) is 6.73. The molecule has 0 aromatic rings. The third-order valence-corrected chi connectivity index (χ3v) is 3.75. The van der Waals surface area contributed by atoms with E-state index >= 15 is 0 Å². The first-order valence-corrected chi connectivity index (χ1v) is 6.73. The molecule has 5 heteroatoms. The van der Waals surface area contributed by atoms with Crippen LogP contribution in [0, 0.1) is 5.92 Å². The molecule has 4 atom stereocenters. The Balaban J connectivity index is 1.79. The zero-order valence-electron chi connectivity index (χ0n) is 10.8. The van der Waals surface area contributed by atoms with Crippen LogP contribution < -0.4 is 0 Å². The second-order valence-corrected chi connectivity index (χ2v) is 5.07. The van der Waals surface area contributed by atoms with Gasteiger partial charge in [0, 0.05) is 6.61 Å². The smallest absolute Gasteiger partial charge is 0.308 e. The van der Waals surface area contributed by atoms with Crippen LogP contribution in [0.3, 0.4) is 0 Å². The number of hydrogen-bond acceptors (Lipinski definition) is 5. The third-order valence-electron chi connectivity index (χ3n) is 3.75. The molecule has 1 saturated carbocycles. The Morgan fingerprint density at radius 1 is 1.28 bits per heavy atom. The van der Waals surface area contributed by atoms with E-state index in [0.29, 0.717) is 19.3 Å². The molecule has 0 aromatic heterocycles. The van der Waals surface area contributed by atoms with Crippen molar-refractivity contribution in [2.24, 2.45) is 5.92 Å². The average Bonchev–Trinajstić information content (AvgIpc) is 2.41. The molecule has 5 nitrogen and oxygen atoms in total. The molecule has 1 aliphatic heterocycles. The van der Waals surface area contributed by atoms with Gasteiger partial charge in [0.2, 0.25) is 0 Å². The molecule has 2 aliphatic rings. The molecule has 18 heavy (non-hydrogen) atoms. The minimum Gasteiger partial charge on any atom is -0.469 e. The molecule has 1 aliphatic carbocycles. The number of aliphatic hydroxyl groups is 1. The molecule has 2 unspecified atom stereocenters. The fourth-order valence-electron chi connectivity index (χ4n) is 2.67. The van der Waals surface area contributed by atoms with Gasteiger partial charge < -0.3 is 19.3 Å². The molecule has 104 valence electrons. The minimum atomic E-state index is -0.603. The van der Waals surface area contributed by atoms with Gasteiger partial charge in [0.05, 0.1) is 25.2 Å². The van der Waals surface area contributed by atoms with Crippen LogP contribution in [0.5, 0.6) is 0 Å². The predicted octanol–water partition coefficient (Wildman–Crippen LogP) is 1.23. The van der Waals surface area contributed by atoms with Crippen molar-refractivity contribution in [1.29, 1.82) is 0 Å². The molecule has 2 fully saturated rings. The van der Waals surface area contributed by atoms with E-state index in [1.54, 1.807) is 0 Å². The average molecular weight is 258 g/mol. The van der Waals surface area contributed by atoms with Crippen LogP contribution in [0.15, 0.2) is 0 Å². The number of carbonyl (C=O) groups excluding carboxylic acids is 1. The summed E-state index contributed by atoms with van der Waals surface area (Å²) < 4.78 is 16.0. The van der Waals surface area contributed by atoms with Crippen molar-refractivity contribution in [3.63, 3.8) is 0 Å². The van der Waals surface area contributed by atoms with Gasteiger partial charge in [-0.2, -0.15) is 0 Å². The highest BCUT2D eigenvalue weighted by Gasteiger charge is 2.35. The minimum absolute atomic E-state index is 0.187. The summed E-state index contributed by atoms with van der Waals surface area (Å²) in [5.41, 5.74) is 0. The maximum atomic E-state index is 11.4. The highest BCUT2D eigenvalue weighted by Crippen LogP contribution is 2.29. The van der Waals surface area contributed by atoms with E-state index in [4.69, 9.17) is 14.2 Å². The maximum Gasteiger partial charge on any atom is 0.308 e. The lowest BCUT2D eigenvalue weighted by atomic mass is 9.85. The second-order valence-electron chi connectivity index (χ2n) is 5.07. The molecule has 0 bridgehead atoms. The monoisotopic (exact) mass is 258 g/mol. The van der Waals surface area contributed by atoms with Crippen molar-refractivity contribution in [3.05, 3.63) is 0 Å². The van der Waals surface area contributed by atoms with Gasteiger partial charge in [-0.15, -0.1) is 0 Å². The van der Waals surface area contributed by atoms with Gasteiger partial charge in [-0.1, -0.05) is 0 Å². The highest BCUT2D eigenvalue weighted by atomic mass is 16.7. The molecule has 1 heterocycles. The summed E-state index contributed by atoms with van der Waals surface area (Å²) >= 11 is 0. The lowest BCUT2D eigenvalue weighted by Gasteiger charge is -2.35. The second kappa shape index (κ2) is 6.50. The van der Waals surface area contributed by atoms with E-state index in [-0.39, 0.29) is 24.3 Å². The van der Waals surface area contributed by atoms with Gasteiger partial charge in [0.15, 0.2) is 6.29 Å². The van der Waals surface area contributed by atoms with Crippen LogP contribution in [0.2, 0.25) is 0 Å². The van der Waals surface area contributed by atoms with Gasteiger partial charge in [0.1, 0.15) is 0 Å². The largest absolute Gasteiger partial charge is 0.469 e. The normalized spacial score (nSPS) is 37.2. The summed E-state index contributed by atoms with van der Waals surface area (Å²) in [5.74, 6) is -0.432. The van der Waals surface area contributed by atoms with Crippen molar-refractivity contribution in [1.82, 2.24) is 0 Å². The quantitative estimate of drug-likeness (QED) is 0.771. The number of rotatable bonds is 3.